The molecular weight excluding hydrogens is 242 g/mol. The summed E-state index contributed by atoms with van der Waals surface area (Å²) in [7, 11) is 0. The lowest BCUT2D eigenvalue weighted by Crippen LogP contribution is -2.26. The highest BCUT2D eigenvalue weighted by molar-refractivity contribution is 7.15. The third-order valence-corrected chi connectivity index (χ3v) is 4.73. The summed E-state index contributed by atoms with van der Waals surface area (Å²) >= 11 is 1.78. The highest BCUT2D eigenvalue weighted by Crippen LogP contribution is 2.37. The van der Waals surface area contributed by atoms with Crippen molar-refractivity contribution in [1.82, 2.24) is 4.98 Å². The first kappa shape index (κ1) is 13.8. The third kappa shape index (κ3) is 2.54. The van der Waals surface area contributed by atoms with Crippen LogP contribution in [-0.4, -0.2) is 17.6 Å². The summed E-state index contributed by atoms with van der Waals surface area (Å²) in [6.45, 7) is 13.0. The zero-order valence-electron chi connectivity index (χ0n) is 12.2. The predicted octanol–water partition coefficient (Wildman–Crippen LogP) is 3.13. The largest absolute Gasteiger partial charge is 0.345 e. The van der Waals surface area contributed by atoms with Crippen LogP contribution in [-0.2, 0) is 12.0 Å². The van der Waals surface area contributed by atoms with Crippen LogP contribution in [0.4, 0.5) is 5.13 Å². The molecule has 0 bridgehead atoms. The molecule has 0 aromatic carbocycles. The molecule has 0 aliphatic carbocycles. The molecule has 1 aromatic rings. The van der Waals surface area contributed by atoms with Gasteiger partial charge in [-0.05, 0) is 19.3 Å². The minimum Gasteiger partial charge on any atom is -0.345 e. The molecule has 4 heteroatoms. The summed E-state index contributed by atoms with van der Waals surface area (Å²) in [5.41, 5.74) is 7.13. The molecular formula is C14H25N3S. The van der Waals surface area contributed by atoms with Crippen molar-refractivity contribution in [2.75, 3.05) is 11.4 Å². The van der Waals surface area contributed by atoms with E-state index in [4.69, 9.17) is 10.7 Å². The van der Waals surface area contributed by atoms with Gasteiger partial charge in [-0.25, -0.2) is 4.98 Å². The topological polar surface area (TPSA) is 42.2 Å². The Bertz CT molecular complexity index is 419. The SMILES string of the molecule is CC1CC(C)N(c2nc(C(C)(C)C)c(CN)s2)C1. The second-order valence-corrected chi connectivity index (χ2v) is 7.63. The standard InChI is InChI=1S/C14H25N3S/c1-9-6-10(2)17(8-9)13-16-12(14(3,4)5)11(7-15)18-13/h9-10H,6-8,15H2,1-5H3. The van der Waals surface area contributed by atoms with Crippen LogP contribution in [0.2, 0.25) is 0 Å². The molecule has 2 rings (SSSR count). The third-order valence-electron chi connectivity index (χ3n) is 3.61. The van der Waals surface area contributed by atoms with Crippen LogP contribution in [0.1, 0.15) is 51.6 Å². The monoisotopic (exact) mass is 267 g/mol. The van der Waals surface area contributed by atoms with Crippen molar-refractivity contribution in [1.29, 1.82) is 0 Å². The van der Waals surface area contributed by atoms with Crippen LogP contribution >= 0.6 is 11.3 Å². The van der Waals surface area contributed by atoms with E-state index in [0.29, 0.717) is 12.6 Å². The minimum atomic E-state index is 0.0814. The maximum atomic E-state index is 5.87. The number of nitrogens with two attached hydrogens (primary N) is 1. The fourth-order valence-electron chi connectivity index (χ4n) is 2.75. The molecule has 3 nitrogen and oxygen atoms in total. The van der Waals surface area contributed by atoms with Crippen LogP contribution in [0.5, 0.6) is 0 Å². The van der Waals surface area contributed by atoms with Gasteiger partial charge in [0.2, 0.25) is 0 Å². The molecule has 18 heavy (non-hydrogen) atoms. The summed E-state index contributed by atoms with van der Waals surface area (Å²) in [6, 6.07) is 0.601. The van der Waals surface area contributed by atoms with Crippen molar-refractivity contribution in [3.05, 3.63) is 10.6 Å². The molecule has 0 radical (unpaired) electrons. The molecule has 2 unspecified atom stereocenters. The lowest BCUT2D eigenvalue weighted by Gasteiger charge is -2.21. The van der Waals surface area contributed by atoms with E-state index < -0.39 is 0 Å². The quantitative estimate of drug-likeness (QED) is 0.895. The fraction of sp³-hybridized carbons (Fsp3) is 0.786. The molecule has 1 aliphatic rings. The van der Waals surface area contributed by atoms with Crippen molar-refractivity contribution in [2.24, 2.45) is 11.7 Å². The van der Waals surface area contributed by atoms with Crippen molar-refractivity contribution in [2.45, 2.75) is 59.0 Å². The molecule has 0 saturated carbocycles. The summed E-state index contributed by atoms with van der Waals surface area (Å²) in [5.74, 6) is 0.767. The van der Waals surface area contributed by atoms with Gasteiger partial charge in [0.1, 0.15) is 0 Å². The molecule has 2 heterocycles. The molecule has 102 valence electrons. The lowest BCUT2D eigenvalue weighted by molar-refractivity contribution is 0.565. The number of thiazole rings is 1. The van der Waals surface area contributed by atoms with Crippen molar-refractivity contribution in [3.63, 3.8) is 0 Å². The summed E-state index contributed by atoms with van der Waals surface area (Å²) in [5, 5.41) is 1.16. The number of anilines is 1. The lowest BCUT2D eigenvalue weighted by atomic mass is 9.91. The van der Waals surface area contributed by atoms with E-state index in [1.165, 1.54) is 17.0 Å². The minimum absolute atomic E-state index is 0.0814. The van der Waals surface area contributed by atoms with Gasteiger partial charge in [0, 0.05) is 29.4 Å². The van der Waals surface area contributed by atoms with Crippen LogP contribution < -0.4 is 10.6 Å². The summed E-state index contributed by atoms with van der Waals surface area (Å²) < 4.78 is 0. The van der Waals surface area contributed by atoms with Crippen LogP contribution in [0, 0.1) is 5.92 Å². The highest BCUT2D eigenvalue weighted by atomic mass is 32.1. The van der Waals surface area contributed by atoms with E-state index in [2.05, 4.69) is 39.5 Å². The zero-order chi connectivity index (χ0) is 13.5. The average molecular weight is 267 g/mol. The van der Waals surface area contributed by atoms with Crippen LogP contribution in [0.25, 0.3) is 0 Å². The van der Waals surface area contributed by atoms with Crippen molar-refractivity contribution < 1.29 is 0 Å². The first-order chi connectivity index (χ1) is 8.32. The second-order valence-electron chi connectivity index (χ2n) is 6.56. The van der Waals surface area contributed by atoms with Crippen molar-refractivity contribution >= 4 is 16.5 Å². The zero-order valence-corrected chi connectivity index (χ0v) is 13.0. The fourth-order valence-corrected chi connectivity index (χ4v) is 4.01. The molecule has 2 atom stereocenters. The van der Waals surface area contributed by atoms with E-state index in [1.54, 1.807) is 11.3 Å². The van der Waals surface area contributed by atoms with Crippen LogP contribution in [0.15, 0.2) is 0 Å². The van der Waals surface area contributed by atoms with Gasteiger partial charge >= 0.3 is 0 Å². The number of nitrogens with zero attached hydrogens (tertiary/aromatic N) is 2. The van der Waals surface area contributed by atoms with Gasteiger partial charge in [-0.2, -0.15) is 0 Å². The average Bonchev–Trinajstić information content (AvgIpc) is 2.80. The van der Waals surface area contributed by atoms with Gasteiger partial charge in [-0.1, -0.05) is 27.7 Å². The Morgan fingerprint density at radius 2 is 2.06 bits per heavy atom. The highest BCUT2D eigenvalue weighted by Gasteiger charge is 2.30. The summed E-state index contributed by atoms with van der Waals surface area (Å²) in [4.78, 5) is 8.57. The van der Waals surface area contributed by atoms with Gasteiger partial charge in [0.25, 0.3) is 0 Å². The first-order valence-corrected chi connectivity index (χ1v) is 7.61. The number of hydrogen-bond acceptors (Lipinski definition) is 4. The predicted molar refractivity (Wildman–Crippen MR) is 79.3 cm³/mol. The number of hydrogen-bond donors (Lipinski definition) is 1. The molecule has 1 aliphatic heterocycles. The van der Waals surface area contributed by atoms with Gasteiger partial charge < -0.3 is 10.6 Å². The van der Waals surface area contributed by atoms with Gasteiger partial charge in [-0.3, -0.25) is 0 Å². The Kier molecular flexibility index (Phi) is 3.70. The van der Waals surface area contributed by atoms with Gasteiger partial charge in [-0.15, -0.1) is 11.3 Å². The van der Waals surface area contributed by atoms with E-state index in [0.717, 1.165) is 17.6 Å². The van der Waals surface area contributed by atoms with Gasteiger partial charge in [0.05, 0.1) is 5.69 Å². The van der Waals surface area contributed by atoms with Gasteiger partial charge in [0.15, 0.2) is 5.13 Å². The number of aromatic nitrogens is 1. The second kappa shape index (κ2) is 4.82. The van der Waals surface area contributed by atoms with E-state index >= 15 is 0 Å². The Labute approximate surface area is 114 Å². The van der Waals surface area contributed by atoms with Crippen molar-refractivity contribution in [3.8, 4) is 0 Å². The Hall–Kier alpha value is -0.610. The molecule has 1 fully saturated rings. The first-order valence-electron chi connectivity index (χ1n) is 6.79. The molecule has 2 N–H and O–H groups in total. The summed E-state index contributed by atoms with van der Waals surface area (Å²) in [6.07, 6.45) is 1.27. The number of rotatable bonds is 2. The van der Waals surface area contributed by atoms with E-state index in [9.17, 15) is 0 Å². The Balaban J connectivity index is 2.33. The Morgan fingerprint density at radius 1 is 1.39 bits per heavy atom. The molecule has 0 spiro atoms. The maximum Gasteiger partial charge on any atom is 0.186 e. The van der Waals surface area contributed by atoms with Crippen LogP contribution in [0.3, 0.4) is 0 Å². The normalized spacial score (nSPS) is 24.9. The maximum absolute atomic E-state index is 5.87. The van der Waals surface area contributed by atoms with E-state index in [1.807, 2.05) is 0 Å². The Morgan fingerprint density at radius 3 is 2.44 bits per heavy atom. The molecule has 0 amide bonds. The molecule has 1 saturated heterocycles. The van der Waals surface area contributed by atoms with E-state index in [-0.39, 0.29) is 5.41 Å². The smallest absolute Gasteiger partial charge is 0.186 e. The molecule has 1 aromatic heterocycles.